The molecule has 2 saturated heterocycles. The van der Waals surface area contributed by atoms with Crippen molar-refractivity contribution in [3.8, 4) is 22.5 Å². The zero-order valence-electron chi connectivity index (χ0n) is 18.4. The summed E-state index contributed by atoms with van der Waals surface area (Å²) >= 11 is 0. The SMILES string of the molecule is O=C([O-])c1ccccc1-c1c2ccc(=[N+]3CC(C(=O)O)C3)cc-2oc2cc(N3CCC3)ccc12. The molecule has 2 aromatic carbocycles. The fourth-order valence-corrected chi connectivity index (χ4v) is 4.85. The lowest BCUT2D eigenvalue weighted by molar-refractivity contribution is -0.254. The molecule has 0 saturated carbocycles. The first-order chi connectivity index (χ1) is 16.5. The molecule has 0 bridgehead atoms. The lowest BCUT2D eigenvalue weighted by Gasteiger charge is -2.33. The van der Waals surface area contributed by atoms with Gasteiger partial charge in [0.05, 0.1) is 12.0 Å². The molecule has 34 heavy (non-hydrogen) atoms. The highest BCUT2D eigenvalue weighted by atomic mass is 16.4. The number of rotatable bonds is 4. The Hall–Kier alpha value is -4.13. The number of anilines is 1. The maximum absolute atomic E-state index is 11.9. The third-order valence-corrected chi connectivity index (χ3v) is 6.92. The van der Waals surface area contributed by atoms with Gasteiger partial charge in [0.25, 0.3) is 0 Å². The first-order valence-electron chi connectivity index (χ1n) is 11.4. The highest BCUT2D eigenvalue weighted by Crippen LogP contribution is 2.42. The number of carboxylic acids is 2. The first kappa shape index (κ1) is 20.5. The smallest absolute Gasteiger partial charge is 0.319 e. The van der Waals surface area contributed by atoms with Crippen LogP contribution in [-0.4, -0.2) is 43.2 Å². The molecule has 0 unspecified atom stereocenters. The van der Waals surface area contributed by atoms with Gasteiger partial charge in [0.2, 0.25) is 5.36 Å². The van der Waals surface area contributed by atoms with E-state index in [1.807, 2.05) is 41.0 Å². The number of aromatic carboxylic acids is 1. The molecule has 6 rings (SSSR count). The number of carbonyl (C=O) groups is 2. The average Bonchev–Trinajstić information content (AvgIpc) is 2.75. The van der Waals surface area contributed by atoms with E-state index in [0.717, 1.165) is 47.1 Å². The second-order valence-corrected chi connectivity index (χ2v) is 8.95. The van der Waals surface area contributed by atoms with Crippen LogP contribution in [-0.2, 0) is 4.79 Å². The Kier molecular flexibility index (Phi) is 4.65. The lowest BCUT2D eigenvalue weighted by atomic mass is 9.90. The van der Waals surface area contributed by atoms with Crippen molar-refractivity contribution in [2.45, 2.75) is 6.42 Å². The van der Waals surface area contributed by atoms with Crippen LogP contribution in [0.4, 0.5) is 5.69 Å². The third kappa shape index (κ3) is 3.23. The second-order valence-electron chi connectivity index (χ2n) is 8.95. The summed E-state index contributed by atoms with van der Waals surface area (Å²) in [6.45, 7) is 2.91. The van der Waals surface area contributed by atoms with Crippen LogP contribution in [0.3, 0.4) is 0 Å². The summed E-state index contributed by atoms with van der Waals surface area (Å²) in [4.78, 5) is 25.4. The maximum Gasteiger partial charge on any atom is 0.319 e. The van der Waals surface area contributed by atoms with E-state index in [-0.39, 0.29) is 11.5 Å². The Balaban J connectivity index is 1.62. The van der Waals surface area contributed by atoms with Crippen LogP contribution in [0, 0.1) is 5.92 Å². The molecule has 1 aliphatic carbocycles. The molecule has 4 aliphatic rings. The zero-order chi connectivity index (χ0) is 23.4. The summed E-state index contributed by atoms with van der Waals surface area (Å²) in [5.41, 5.74) is 4.02. The van der Waals surface area contributed by atoms with Crippen molar-refractivity contribution in [2.24, 2.45) is 5.92 Å². The van der Waals surface area contributed by atoms with Crippen LogP contribution in [0.25, 0.3) is 33.4 Å². The Labute approximate surface area is 195 Å². The van der Waals surface area contributed by atoms with Gasteiger partial charge in [0.15, 0.2) is 19.0 Å². The quantitative estimate of drug-likeness (QED) is 0.375. The molecule has 3 aliphatic heterocycles. The predicted octanol–water partition coefficient (Wildman–Crippen LogP) is 2.26. The Morgan fingerprint density at radius 2 is 1.79 bits per heavy atom. The van der Waals surface area contributed by atoms with Crippen LogP contribution in [0.1, 0.15) is 16.8 Å². The number of carboxylic acid groups (broad SMARTS) is 2. The minimum Gasteiger partial charge on any atom is -0.545 e. The number of aliphatic carboxylic acids is 1. The van der Waals surface area contributed by atoms with Gasteiger partial charge in [-0.1, -0.05) is 24.3 Å². The van der Waals surface area contributed by atoms with Crippen LogP contribution in [0.15, 0.2) is 65.1 Å². The molecule has 0 amide bonds. The Morgan fingerprint density at radius 1 is 1.00 bits per heavy atom. The van der Waals surface area contributed by atoms with E-state index < -0.39 is 11.9 Å². The van der Waals surface area contributed by atoms with Crippen molar-refractivity contribution in [1.82, 2.24) is 4.58 Å². The lowest BCUT2D eigenvalue weighted by Crippen LogP contribution is -2.52. The van der Waals surface area contributed by atoms with Gasteiger partial charge < -0.3 is 24.3 Å². The summed E-state index contributed by atoms with van der Waals surface area (Å²) in [5, 5.41) is 22.9. The molecule has 7 nitrogen and oxygen atoms in total. The zero-order valence-corrected chi connectivity index (χ0v) is 18.4. The molecular weight excluding hydrogens is 432 g/mol. The van der Waals surface area contributed by atoms with Gasteiger partial charge in [-0.25, -0.2) is 4.58 Å². The molecule has 7 heteroatoms. The summed E-state index contributed by atoms with van der Waals surface area (Å²) in [6.07, 6.45) is 1.16. The second kappa shape index (κ2) is 7.73. The molecule has 0 atom stereocenters. The number of fused-ring (bicyclic) bond motifs is 2. The van der Waals surface area contributed by atoms with Crippen molar-refractivity contribution in [2.75, 3.05) is 31.1 Å². The van der Waals surface area contributed by atoms with Gasteiger partial charge in [0.1, 0.15) is 11.3 Å². The normalized spacial score (nSPS) is 17.5. The molecule has 3 heterocycles. The number of hydrogen-bond donors (Lipinski definition) is 1. The highest BCUT2D eigenvalue weighted by Gasteiger charge is 2.37. The maximum atomic E-state index is 11.9. The van der Waals surface area contributed by atoms with Crippen molar-refractivity contribution in [3.63, 3.8) is 0 Å². The monoisotopic (exact) mass is 454 g/mol. The van der Waals surface area contributed by atoms with Crippen LogP contribution < -0.4 is 19.9 Å². The highest BCUT2D eigenvalue weighted by molar-refractivity contribution is 6.07. The van der Waals surface area contributed by atoms with Gasteiger partial charge >= 0.3 is 5.97 Å². The van der Waals surface area contributed by atoms with E-state index in [2.05, 4.69) is 11.0 Å². The first-order valence-corrected chi connectivity index (χ1v) is 11.4. The van der Waals surface area contributed by atoms with E-state index in [9.17, 15) is 19.8 Å². The van der Waals surface area contributed by atoms with Crippen LogP contribution >= 0.6 is 0 Å². The molecule has 170 valence electrons. The fourth-order valence-electron chi connectivity index (χ4n) is 4.85. The Bertz CT molecular complexity index is 1510. The topological polar surface area (TPSA) is 96.8 Å². The average molecular weight is 454 g/mol. The Morgan fingerprint density at radius 3 is 2.50 bits per heavy atom. The van der Waals surface area contributed by atoms with Crippen LogP contribution in [0.2, 0.25) is 0 Å². The standard InChI is InChI=1S/C27H22N2O5/c30-26(31)16-14-29(15-16)18-7-9-22-24(13-18)34-23-12-17(28-10-3-11-28)6-8-21(23)25(22)19-4-1-2-5-20(19)27(32)33/h1-2,4-9,12-13,16H,3,10-11,14-15H2,(H-,30,31,32,33). The van der Waals surface area contributed by atoms with Crippen molar-refractivity contribution in [3.05, 3.63) is 71.6 Å². The molecule has 2 aromatic rings. The summed E-state index contributed by atoms with van der Waals surface area (Å²) in [7, 11) is 0. The fraction of sp³-hybridized carbons (Fsp3) is 0.222. The van der Waals surface area contributed by atoms with Crippen LogP contribution in [0.5, 0.6) is 0 Å². The number of nitrogens with zero attached hydrogens (tertiary/aromatic N) is 2. The number of carbonyl (C=O) groups excluding carboxylic acids is 1. The summed E-state index contributed by atoms with van der Waals surface area (Å²) in [6, 6.07) is 18.7. The van der Waals surface area contributed by atoms with E-state index in [1.165, 1.54) is 0 Å². The summed E-state index contributed by atoms with van der Waals surface area (Å²) in [5.74, 6) is -1.76. The molecular formula is C27H22N2O5. The van der Waals surface area contributed by atoms with Crippen molar-refractivity contribution >= 4 is 28.6 Å². The van der Waals surface area contributed by atoms with Crippen molar-refractivity contribution in [1.29, 1.82) is 0 Å². The molecule has 1 N–H and O–H groups in total. The van der Waals surface area contributed by atoms with Gasteiger partial charge in [-0.3, -0.25) is 4.79 Å². The number of benzene rings is 3. The number of hydrogen-bond acceptors (Lipinski definition) is 5. The van der Waals surface area contributed by atoms with E-state index in [1.54, 1.807) is 18.2 Å². The van der Waals surface area contributed by atoms with Gasteiger partial charge in [-0.15, -0.1) is 0 Å². The third-order valence-electron chi connectivity index (χ3n) is 6.92. The van der Waals surface area contributed by atoms with E-state index in [0.29, 0.717) is 30.0 Å². The van der Waals surface area contributed by atoms with E-state index in [4.69, 9.17) is 4.42 Å². The molecule has 0 aromatic heterocycles. The molecule has 2 fully saturated rings. The molecule has 0 spiro atoms. The van der Waals surface area contributed by atoms with E-state index >= 15 is 0 Å². The minimum atomic E-state index is -1.23. The van der Waals surface area contributed by atoms with Crippen molar-refractivity contribution < 1.29 is 24.2 Å². The summed E-state index contributed by atoms with van der Waals surface area (Å²) < 4.78 is 8.37. The minimum absolute atomic E-state index is 0.124. The molecule has 0 radical (unpaired) electrons. The van der Waals surface area contributed by atoms with Gasteiger partial charge in [0, 0.05) is 53.0 Å². The largest absolute Gasteiger partial charge is 0.545 e. The van der Waals surface area contributed by atoms with Gasteiger partial charge in [-0.2, -0.15) is 0 Å². The predicted molar refractivity (Wildman–Crippen MR) is 126 cm³/mol. The van der Waals surface area contributed by atoms with Gasteiger partial charge in [-0.05, 0) is 30.2 Å².